The highest BCUT2D eigenvalue weighted by Gasteiger charge is 2.33. The quantitative estimate of drug-likeness (QED) is 0.732. The molecule has 0 bridgehead atoms. The van der Waals surface area contributed by atoms with Gasteiger partial charge in [0.25, 0.3) is 0 Å². The van der Waals surface area contributed by atoms with Gasteiger partial charge in [-0.15, -0.1) is 0 Å². The van der Waals surface area contributed by atoms with E-state index in [0.29, 0.717) is 19.1 Å². The van der Waals surface area contributed by atoms with E-state index in [2.05, 4.69) is 10.3 Å². The summed E-state index contributed by atoms with van der Waals surface area (Å²) in [6.45, 7) is 2.90. The van der Waals surface area contributed by atoms with Crippen molar-refractivity contribution in [1.29, 1.82) is 0 Å². The number of anilines is 1. The first-order valence-electron chi connectivity index (χ1n) is 7.41. The molecule has 0 aromatic carbocycles. The Morgan fingerprint density at radius 1 is 1.33 bits per heavy atom. The highest BCUT2D eigenvalue weighted by molar-refractivity contribution is 5.89. The Labute approximate surface area is 138 Å². The zero-order valence-electron chi connectivity index (χ0n) is 13.9. The molecule has 1 aromatic heterocycles. The number of nitrogens with zero attached hydrogens (tertiary/aromatic N) is 2. The Morgan fingerprint density at radius 2 is 2.04 bits per heavy atom. The van der Waals surface area contributed by atoms with E-state index in [4.69, 9.17) is 9.47 Å². The van der Waals surface area contributed by atoms with Crippen molar-refractivity contribution < 1.29 is 27.4 Å². The van der Waals surface area contributed by atoms with E-state index >= 15 is 0 Å². The van der Waals surface area contributed by atoms with E-state index in [1.54, 1.807) is 21.0 Å². The van der Waals surface area contributed by atoms with Gasteiger partial charge in [0.05, 0.1) is 18.5 Å². The summed E-state index contributed by atoms with van der Waals surface area (Å²) >= 11 is 0. The van der Waals surface area contributed by atoms with Crippen LogP contribution in [0.15, 0.2) is 18.3 Å². The number of pyridine rings is 1. The molecular weight excluding hydrogens is 327 g/mol. The molecule has 0 saturated carbocycles. The van der Waals surface area contributed by atoms with Crippen molar-refractivity contribution in [3.8, 4) is 5.88 Å². The summed E-state index contributed by atoms with van der Waals surface area (Å²) in [6.07, 6.45) is -3.13. The number of hydrogen-bond donors (Lipinski definition) is 1. The van der Waals surface area contributed by atoms with Crippen molar-refractivity contribution in [2.75, 3.05) is 38.7 Å². The number of carbonyl (C=O) groups excluding carboxylic acids is 1. The first-order valence-corrected chi connectivity index (χ1v) is 7.41. The summed E-state index contributed by atoms with van der Waals surface area (Å²) in [7, 11) is 1.54. The lowest BCUT2D eigenvalue weighted by molar-refractivity contribution is -0.140. The Morgan fingerprint density at radius 3 is 2.54 bits per heavy atom. The van der Waals surface area contributed by atoms with E-state index < -0.39 is 18.8 Å². The van der Waals surface area contributed by atoms with Gasteiger partial charge >= 0.3 is 12.2 Å². The predicted molar refractivity (Wildman–Crippen MR) is 83.1 cm³/mol. The van der Waals surface area contributed by atoms with Crippen LogP contribution in [0.25, 0.3) is 0 Å². The Balaban J connectivity index is 2.65. The minimum absolute atomic E-state index is 0.00299. The van der Waals surface area contributed by atoms with Crippen molar-refractivity contribution in [3.05, 3.63) is 18.3 Å². The van der Waals surface area contributed by atoms with Gasteiger partial charge in [0.2, 0.25) is 5.88 Å². The van der Waals surface area contributed by atoms with Gasteiger partial charge in [-0.2, -0.15) is 13.2 Å². The first-order chi connectivity index (χ1) is 11.2. The van der Waals surface area contributed by atoms with Gasteiger partial charge in [-0.1, -0.05) is 13.8 Å². The van der Waals surface area contributed by atoms with E-state index in [-0.39, 0.29) is 18.2 Å². The van der Waals surface area contributed by atoms with Gasteiger partial charge in [-0.05, 0) is 12.0 Å². The van der Waals surface area contributed by atoms with Gasteiger partial charge in [-0.25, -0.2) is 9.78 Å². The Hall–Kier alpha value is -2.03. The molecule has 0 aliphatic rings. The molecule has 1 aromatic rings. The number of aromatic nitrogens is 1. The molecule has 0 saturated heterocycles. The van der Waals surface area contributed by atoms with Crippen molar-refractivity contribution in [1.82, 2.24) is 9.88 Å². The number of nitrogens with one attached hydrogen (secondary N) is 1. The highest BCUT2D eigenvalue weighted by atomic mass is 19.4. The van der Waals surface area contributed by atoms with Crippen molar-refractivity contribution >= 4 is 11.7 Å². The molecule has 0 atom stereocenters. The molecule has 0 radical (unpaired) electrons. The first kappa shape index (κ1) is 20.0. The molecule has 1 rings (SSSR count). The molecule has 0 aliphatic carbocycles. The fourth-order valence-electron chi connectivity index (χ4n) is 1.85. The SMILES string of the molecule is COCCOc1ccc(NC(=O)N(CC(C)C)CC(F)(F)F)cn1. The number of carbonyl (C=O) groups is 1. The van der Waals surface area contributed by atoms with Crippen LogP contribution in [-0.4, -0.2) is 55.5 Å². The van der Waals surface area contributed by atoms with E-state index in [0.717, 1.165) is 4.90 Å². The number of urea groups is 1. The van der Waals surface area contributed by atoms with Crippen LogP contribution in [0.2, 0.25) is 0 Å². The molecule has 9 heteroatoms. The minimum atomic E-state index is -4.45. The average Bonchev–Trinajstić information content (AvgIpc) is 2.46. The fraction of sp³-hybridized carbons (Fsp3) is 0.600. The van der Waals surface area contributed by atoms with Gasteiger partial charge < -0.3 is 19.7 Å². The lowest BCUT2D eigenvalue weighted by atomic mass is 10.2. The second-order valence-corrected chi connectivity index (χ2v) is 5.55. The summed E-state index contributed by atoms with van der Waals surface area (Å²) in [5.41, 5.74) is 0.287. The van der Waals surface area contributed by atoms with Gasteiger partial charge in [-0.3, -0.25) is 0 Å². The van der Waals surface area contributed by atoms with Crippen LogP contribution in [0.4, 0.5) is 23.7 Å². The third-order valence-electron chi connectivity index (χ3n) is 2.77. The molecular formula is C15H22F3N3O3. The zero-order chi connectivity index (χ0) is 18.2. The molecule has 1 heterocycles. The molecule has 2 amide bonds. The maximum Gasteiger partial charge on any atom is 0.406 e. The Bertz CT molecular complexity index is 507. The monoisotopic (exact) mass is 349 g/mol. The molecule has 0 fully saturated rings. The number of alkyl halides is 3. The third kappa shape index (κ3) is 8.00. The molecule has 0 aliphatic heterocycles. The number of methoxy groups -OCH3 is 1. The van der Waals surface area contributed by atoms with Crippen LogP contribution in [0.5, 0.6) is 5.88 Å². The molecule has 6 nitrogen and oxygen atoms in total. The van der Waals surface area contributed by atoms with Crippen molar-refractivity contribution in [3.63, 3.8) is 0 Å². The highest BCUT2D eigenvalue weighted by Crippen LogP contribution is 2.19. The van der Waals surface area contributed by atoms with Gasteiger partial charge in [0.15, 0.2) is 0 Å². The summed E-state index contributed by atoms with van der Waals surface area (Å²) in [5, 5.41) is 2.41. The number of halogens is 3. The molecule has 0 spiro atoms. The maximum atomic E-state index is 12.6. The summed E-state index contributed by atoms with van der Waals surface area (Å²) in [4.78, 5) is 16.8. The molecule has 24 heavy (non-hydrogen) atoms. The topological polar surface area (TPSA) is 63.7 Å². The normalized spacial score (nSPS) is 11.5. The molecule has 1 N–H and O–H groups in total. The second-order valence-electron chi connectivity index (χ2n) is 5.55. The van der Waals surface area contributed by atoms with Crippen LogP contribution < -0.4 is 10.1 Å². The molecule has 136 valence electrons. The summed E-state index contributed by atoms with van der Waals surface area (Å²) in [5.74, 6) is 0.243. The van der Waals surface area contributed by atoms with Crippen LogP contribution in [0.3, 0.4) is 0 Å². The predicted octanol–water partition coefficient (Wildman–Crippen LogP) is 3.16. The number of ether oxygens (including phenoxy) is 2. The van der Waals surface area contributed by atoms with E-state index in [1.807, 2.05) is 0 Å². The van der Waals surface area contributed by atoms with Gasteiger partial charge in [0, 0.05) is 19.7 Å². The number of hydrogen-bond acceptors (Lipinski definition) is 4. The van der Waals surface area contributed by atoms with Crippen LogP contribution in [-0.2, 0) is 4.74 Å². The van der Waals surface area contributed by atoms with Crippen LogP contribution in [0.1, 0.15) is 13.8 Å². The number of rotatable bonds is 8. The Kier molecular flexibility index (Phi) is 7.76. The summed E-state index contributed by atoms with van der Waals surface area (Å²) < 4.78 is 47.9. The van der Waals surface area contributed by atoms with Crippen LogP contribution in [0, 0.1) is 5.92 Å². The zero-order valence-corrected chi connectivity index (χ0v) is 13.9. The fourth-order valence-corrected chi connectivity index (χ4v) is 1.85. The van der Waals surface area contributed by atoms with Gasteiger partial charge in [0.1, 0.15) is 13.2 Å². The van der Waals surface area contributed by atoms with Crippen molar-refractivity contribution in [2.45, 2.75) is 20.0 Å². The van der Waals surface area contributed by atoms with E-state index in [9.17, 15) is 18.0 Å². The standard InChI is InChI=1S/C15H22F3N3O3/c1-11(2)9-21(10-15(16,17)18)14(22)20-12-4-5-13(19-8-12)24-7-6-23-3/h4-5,8,11H,6-7,9-10H2,1-3H3,(H,20,22). The van der Waals surface area contributed by atoms with Crippen LogP contribution >= 0.6 is 0 Å². The van der Waals surface area contributed by atoms with E-state index in [1.165, 1.54) is 18.3 Å². The smallest absolute Gasteiger partial charge is 0.406 e. The summed E-state index contributed by atoms with van der Waals surface area (Å²) in [6, 6.07) is 2.20. The maximum absolute atomic E-state index is 12.6. The third-order valence-corrected chi connectivity index (χ3v) is 2.77. The average molecular weight is 349 g/mol. The minimum Gasteiger partial charge on any atom is -0.475 e. The largest absolute Gasteiger partial charge is 0.475 e. The second kappa shape index (κ2) is 9.31. The van der Waals surface area contributed by atoms with Crippen molar-refractivity contribution in [2.24, 2.45) is 5.92 Å². The lowest BCUT2D eigenvalue weighted by Crippen LogP contribution is -2.43. The lowest BCUT2D eigenvalue weighted by Gasteiger charge is -2.25. The molecule has 0 unspecified atom stereocenters. The number of amides is 2.